The lowest BCUT2D eigenvalue weighted by Crippen LogP contribution is -2.60. The van der Waals surface area contributed by atoms with Crippen LogP contribution in [0.5, 0.6) is 0 Å². The highest BCUT2D eigenvalue weighted by Gasteiger charge is 2.44. The number of carbonyl (C=O) groups excluding carboxylic acids is 2. The zero-order chi connectivity index (χ0) is 58.7. The summed E-state index contributed by atoms with van der Waals surface area (Å²) in [6.45, 7) is 4.26. The number of aliphatic hydroxyl groups is 5. The van der Waals surface area contributed by atoms with Gasteiger partial charge in [-0.3, -0.25) is 9.59 Å². The number of amides is 1. The number of allylic oxidation sites excluding steroid dienone is 9. The highest BCUT2D eigenvalue weighted by atomic mass is 16.7. The fraction of sp³-hybridized carbons (Fsp3) is 0.829. The molecule has 7 atom stereocenters. The second-order valence-corrected chi connectivity index (χ2v) is 23.5. The molecule has 1 fully saturated rings. The van der Waals surface area contributed by atoms with Crippen LogP contribution in [0.4, 0.5) is 0 Å². The van der Waals surface area contributed by atoms with Crippen molar-refractivity contribution in [3.8, 4) is 0 Å². The molecule has 7 unspecified atom stereocenters. The predicted octanol–water partition coefficient (Wildman–Crippen LogP) is 17.0. The van der Waals surface area contributed by atoms with Crippen molar-refractivity contribution in [1.29, 1.82) is 0 Å². The lowest BCUT2D eigenvalue weighted by atomic mass is 9.99. The van der Waals surface area contributed by atoms with E-state index < -0.39 is 49.5 Å². The van der Waals surface area contributed by atoms with Crippen molar-refractivity contribution in [1.82, 2.24) is 5.32 Å². The second kappa shape index (κ2) is 59.1. The summed E-state index contributed by atoms with van der Waals surface area (Å²) in [5.74, 6) is -0.202. The molecule has 1 aliphatic heterocycles. The normalized spacial score (nSPS) is 18.6. The summed E-state index contributed by atoms with van der Waals surface area (Å²) in [6, 6.07) is -0.827. The molecule has 0 aromatic carbocycles. The molecule has 0 aromatic heterocycles. The van der Waals surface area contributed by atoms with Crippen LogP contribution in [-0.4, -0.2) is 100 Å². The third kappa shape index (κ3) is 48.3. The number of carbonyl (C=O) groups is 2. The maximum Gasteiger partial charge on any atom is 0.305 e. The summed E-state index contributed by atoms with van der Waals surface area (Å²) < 4.78 is 16.7. The van der Waals surface area contributed by atoms with Gasteiger partial charge in [-0.05, 0) is 103 Å². The van der Waals surface area contributed by atoms with E-state index in [1.54, 1.807) is 6.08 Å². The summed E-state index contributed by atoms with van der Waals surface area (Å²) in [7, 11) is 0. The summed E-state index contributed by atoms with van der Waals surface area (Å²) in [6.07, 6.45) is 67.9. The molecule has 0 saturated carbocycles. The van der Waals surface area contributed by atoms with E-state index in [-0.39, 0.29) is 18.5 Å². The maximum absolute atomic E-state index is 13.0. The van der Waals surface area contributed by atoms with Crippen LogP contribution in [0.15, 0.2) is 60.8 Å². The third-order valence-electron chi connectivity index (χ3n) is 15.8. The molecule has 1 saturated heterocycles. The Morgan fingerprint density at radius 1 is 0.457 bits per heavy atom. The topological polar surface area (TPSA) is 175 Å². The van der Waals surface area contributed by atoms with Gasteiger partial charge < -0.3 is 45.1 Å². The van der Waals surface area contributed by atoms with Crippen molar-refractivity contribution in [3.05, 3.63) is 60.8 Å². The van der Waals surface area contributed by atoms with Crippen LogP contribution < -0.4 is 5.32 Å². The van der Waals surface area contributed by atoms with Crippen molar-refractivity contribution in [2.75, 3.05) is 19.8 Å². The molecule has 6 N–H and O–H groups in total. The van der Waals surface area contributed by atoms with Gasteiger partial charge in [0.25, 0.3) is 0 Å². The first-order chi connectivity index (χ1) is 39.7. The Kier molecular flexibility index (Phi) is 55.7. The number of aliphatic hydroxyl groups excluding tert-OH is 5. The number of rotatable bonds is 59. The first kappa shape index (κ1) is 76.4. The molecule has 11 heteroatoms. The van der Waals surface area contributed by atoms with E-state index in [1.165, 1.54) is 218 Å². The molecule has 1 aliphatic rings. The quantitative estimate of drug-likeness (QED) is 0.0195. The third-order valence-corrected chi connectivity index (χ3v) is 15.8. The molecule has 0 aliphatic carbocycles. The predicted molar refractivity (Wildman–Crippen MR) is 338 cm³/mol. The van der Waals surface area contributed by atoms with Crippen molar-refractivity contribution >= 4 is 11.9 Å². The van der Waals surface area contributed by atoms with E-state index in [0.29, 0.717) is 19.4 Å². The van der Waals surface area contributed by atoms with Crippen LogP contribution in [-0.2, 0) is 23.8 Å². The molecule has 0 aromatic rings. The van der Waals surface area contributed by atoms with Gasteiger partial charge in [0.05, 0.1) is 32.0 Å². The molecule has 0 spiro atoms. The fourth-order valence-corrected chi connectivity index (χ4v) is 10.4. The van der Waals surface area contributed by atoms with Gasteiger partial charge in [-0.2, -0.15) is 0 Å². The van der Waals surface area contributed by atoms with Crippen LogP contribution in [0.1, 0.15) is 309 Å². The Labute approximate surface area is 497 Å². The van der Waals surface area contributed by atoms with Crippen molar-refractivity contribution in [2.24, 2.45) is 0 Å². The molecule has 1 rings (SSSR count). The van der Waals surface area contributed by atoms with Gasteiger partial charge in [0.15, 0.2) is 6.29 Å². The van der Waals surface area contributed by atoms with Gasteiger partial charge in [-0.1, -0.05) is 254 Å². The van der Waals surface area contributed by atoms with Crippen LogP contribution in [0.2, 0.25) is 0 Å². The lowest BCUT2D eigenvalue weighted by molar-refractivity contribution is -0.302. The smallest absolute Gasteiger partial charge is 0.305 e. The van der Waals surface area contributed by atoms with Gasteiger partial charge in [0.2, 0.25) is 5.91 Å². The van der Waals surface area contributed by atoms with E-state index >= 15 is 0 Å². The minimum absolute atomic E-state index is 0.00751. The average Bonchev–Trinajstić information content (AvgIpc) is 3.47. The Morgan fingerprint density at radius 3 is 1.32 bits per heavy atom. The van der Waals surface area contributed by atoms with E-state index in [0.717, 1.165) is 64.2 Å². The van der Waals surface area contributed by atoms with Crippen molar-refractivity contribution in [3.63, 3.8) is 0 Å². The minimum Gasteiger partial charge on any atom is -0.466 e. The molecule has 0 bridgehead atoms. The molecule has 0 radical (unpaired) electrons. The summed E-state index contributed by atoms with van der Waals surface area (Å²) in [5.41, 5.74) is 0. The van der Waals surface area contributed by atoms with Crippen molar-refractivity contribution < 1.29 is 49.3 Å². The molecule has 472 valence electrons. The summed E-state index contributed by atoms with van der Waals surface area (Å²) >= 11 is 0. The highest BCUT2D eigenvalue weighted by Crippen LogP contribution is 2.23. The molecule has 11 nitrogen and oxygen atoms in total. The van der Waals surface area contributed by atoms with E-state index in [9.17, 15) is 35.1 Å². The number of unbranched alkanes of at least 4 members (excludes halogenated alkanes) is 37. The van der Waals surface area contributed by atoms with Gasteiger partial charge in [-0.15, -0.1) is 0 Å². The highest BCUT2D eigenvalue weighted by molar-refractivity contribution is 5.76. The van der Waals surface area contributed by atoms with Crippen LogP contribution >= 0.6 is 0 Å². The zero-order valence-corrected chi connectivity index (χ0v) is 52.2. The molecule has 81 heavy (non-hydrogen) atoms. The van der Waals surface area contributed by atoms with Crippen LogP contribution in [0, 0.1) is 0 Å². The summed E-state index contributed by atoms with van der Waals surface area (Å²) in [5, 5.41) is 54.2. The Hall–Kier alpha value is -2.64. The Morgan fingerprint density at radius 2 is 0.840 bits per heavy atom. The number of esters is 1. The monoisotopic (exact) mass is 1140 g/mol. The van der Waals surface area contributed by atoms with Gasteiger partial charge in [0.1, 0.15) is 24.4 Å². The molecular weight excluding hydrogens is 1010 g/mol. The van der Waals surface area contributed by atoms with Gasteiger partial charge >= 0.3 is 5.97 Å². The Bertz CT molecular complexity index is 1530. The van der Waals surface area contributed by atoms with Gasteiger partial charge in [0, 0.05) is 12.8 Å². The van der Waals surface area contributed by atoms with E-state index in [2.05, 4.69) is 67.8 Å². The molecule has 1 heterocycles. The zero-order valence-electron chi connectivity index (χ0n) is 52.2. The maximum atomic E-state index is 13.0. The number of hydrogen-bond donors (Lipinski definition) is 6. The van der Waals surface area contributed by atoms with E-state index in [4.69, 9.17) is 14.2 Å². The molecular formula is C70H127NO10. The largest absolute Gasteiger partial charge is 0.466 e. The molecule has 1 amide bonds. The number of nitrogens with one attached hydrogen (secondary N) is 1. The lowest BCUT2D eigenvalue weighted by Gasteiger charge is -2.40. The Balaban J connectivity index is 1.94. The standard InChI is InChI=1S/C70H127NO10/c1-3-5-7-9-11-13-14-15-16-32-35-38-42-46-50-54-58-66(75)79-59-55-51-47-43-39-36-33-30-28-26-24-22-20-18-17-19-21-23-25-27-29-31-34-37-41-45-49-53-57-65(74)71-62(63(73)56-52-48-44-40-12-10-8-6-4-2)61-80-70-69(78)68(77)67(76)64(60-72)81-70/h12-14,16-18,32,40,52,56,62-64,67-70,72-73,76-78H,3-11,15,19-31,33-39,41-51,53-55,57-61H2,1-2H3,(H,71,74)/b14-13-,18-17-,32-16-,40-12+,56-52+. The first-order valence-electron chi connectivity index (χ1n) is 34.1. The van der Waals surface area contributed by atoms with Crippen LogP contribution in [0.25, 0.3) is 0 Å². The summed E-state index contributed by atoms with van der Waals surface area (Å²) in [4.78, 5) is 25.1. The minimum atomic E-state index is -1.58. The van der Waals surface area contributed by atoms with Gasteiger partial charge in [-0.25, -0.2) is 0 Å². The van der Waals surface area contributed by atoms with Crippen molar-refractivity contribution in [2.45, 2.75) is 352 Å². The SMILES string of the molecule is CCCCC/C=C/CC/C=C/C(O)C(COC1OC(CO)C(O)C(O)C1O)NC(=O)CCCCCCCCCCCCCC/C=C\CCCCCCCCCCCCCCOC(=O)CCCCCCC/C=C\C/C=C\CCCCCC. The average molecular weight is 1140 g/mol. The first-order valence-corrected chi connectivity index (χ1v) is 34.1. The fourth-order valence-electron chi connectivity index (χ4n) is 10.4. The van der Waals surface area contributed by atoms with E-state index in [1.807, 2.05) is 6.08 Å². The number of ether oxygens (including phenoxy) is 3. The second-order valence-electron chi connectivity index (χ2n) is 23.5. The number of hydrogen-bond acceptors (Lipinski definition) is 10. The van der Waals surface area contributed by atoms with Crippen LogP contribution in [0.3, 0.4) is 0 Å².